The van der Waals surface area contributed by atoms with Crippen LogP contribution < -0.4 is 4.90 Å². The van der Waals surface area contributed by atoms with Crippen LogP contribution in [-0.4, -0.2) is 26.3 Å². The molecular formula is C13H16N2O. The molecule has 0 saturated carbocycles. The van der Waals surface area contributed by atoms with E-state index in [0.717, 1.165) is 49.5 Å². The third-order valence-electron chi connectivity index (χ3n) is 2.84. The van der Waals surface area contributed by atoms with E-state index >= 15 is 0 Å². The van der Waals surface area contributed by atoms with E-state index < -0.39 is 0 Å². The fraction of sp³-hybridized carbons (Fsp3) is 0.462. The van der Waals surface area contributed by atoms with Crippen molar-refractivity contribution < 1.29 is 4.74 Å². The van der Waals surface area contributed by atoms with Crippen molar-refractivity contribution in [3.8, 4) is 6.07 Å². The summed E-state index contributed by atoms with van der Waals surface area (Å²) >= 11 is 0. The van der Waals surface area contributed by atoms with Gasteiger partial charge in [-0.25, -0.2) is 0 Å². The second-order valence-corrected chi connectivity index (χ2v) is 4.09. The molecule has 0 N–H and O–H groups in total. The van der Waals surface area contributed by atoms with Crippen LogP contribution in [0.4, 0.5) is 5.69 Å². The molecule has 1 fully saturated rings. The second-order valence-electron chi connectivity index (χ2n) is 4.09. The van der Waals surface area contributed by atoms with E-state index in [9.17, 15) is 0 Å². The van der Waals surface area contributed by atoms with Gasteiger partial charge in [-0.2, -0.15) is 5.26 Å². The fourth-order valence-electron chi connectivity index (χ4n) is 2.00. The Morgan fingerprint density at radius 3 is 3.00 bits per heavy atom. The summed E-state index contributed by atoms with van der Waals surface area (Å²) in [4.78, 5) is 2.24. The molecule has 3 nitrogen and oxygen atoms in total. The molecule has 84 valence electrons. The van der Waals surface area contributed by atoms with Gasteiger partial charge in [0.05, 0.1) is 17.9 Å². The number of hydrogen-bond acceptors (Lipinski definition) is 3. The zero-order chi connectivity index (χ0) is 11.4. The molecule has 16 heavy (non-hydrogen) atoms. The Kier molecular flexibility index (Phi) is 3.43. The van der Waals surface area contributed by atoms with Crippen LogP contribution in [0, 0.1) is 18.3 Å². The zero-order valence-electron chi connectivity index (χ0n) is 9.57. The number of nitriles is 1. The highest BCUT2D eigenvalue weighted by molar-refractivity contribution is 5.60. The first kappa shape index (κ1) is 11.0. The Morgan fingerprint density at radius 1 is 1.31 bits per heavy atom. The average Bonchev–Trinajstić information content (AvgIpc) is 2.57. The number of aryl methyl sites for hydroxylation is 1. The van der Waals surface area contributed by atoms with Crippen LogP contribution in [0.5, 0.6) is 0 Å². The lowest BCUT2D eigenvalue weighted by atomic mass is 10.1. The Labute approximate surface area is 96.2 Å². The van der Waals surface area contributed by atoms with E-state index in [0.29, 0.717) is 0 Å². The van der Waals surface area contributed by atoms with Crippen molar-refractivity contribution in [1.82, 2.24) is 0 Å². The molecule has 1 saturated heterocycles. The highest BCUT2D eigenvalue weighted by Gasteiger charge is 2.13. The lowest BCUT2D eigenvalue weighted by molar-refractivity contribution is 0.152. The maximum atomic E-state index is 9.14. The van der Waals surface area contributed by atoms with Gasteiger partial charge in [0.2, 0.25) is 0 Å². The summed E-state index contributed by atoms with van der Waals surface area (Å²) < 4.78 is 5.42. The Bertz CT molecular complexity index is 401. The summed E-state index contributed by atoms with van der Waals surface area (Å²) in [5.41, 5.74) is 2.94. The van der Waals surface area contributed by atoms with Crippen LogP contribution in [0.15, 0.2) is 18.2 Å². The third-order valence-corrected chi connectivity index (χ3v) is 2.84. The van der Waals surface area contributed by atoms with E-state index in [1.54, 1.807) is 0 Å². The fourth-order valence-corrected chi connectivity index (χ4v) is 2.00. The Balaban J connectivity index is 2.28. The summed E-state index contributed by atoms with van der Waals surface area (Å²) in [7, 11) is 0. The zero-order valence-corrected chi connectivity index (χ0v) is 9.57. The van der Waals surface area contributed by atoms with Gasteiger partial charge < -0.3 is 9.64 Å². The van der Waals surface area contributed by atoms with Crippen LogP contribution in [-0.2, 0) is 4.74 Å². The maximum absolute atomic E-state index is 9.14. The van der Waals surface area contributed by atoms with E-state index in [-0.39, 0.29) is 0 Å². The van der Waals surface area contributed by atoms with Crippen molar-refractivity contribution in [2.45, 2.75) is 13.3 Å². The van der Waals surface area contributed by atoms with Crippen LogP contribution in [0.25, 0.3) is 0 Å². The van der Waals surface area contributed by atoms with E-state index in [1.807, 2.05) is 19.1 Å². The van der Waals surface area contributed by atoms with Gasteiger partial charge in [0.1, 0.15) is 6.07 Å². The number of anilines is 1. The lowest BCUT2D eigenvalue weighted by Gasteiger charge is -2.23. The number of hydrogen-bond donors (Lipinski definition) is 0. The highest BCUT2D eigenvalue weighted by atomic mass is 16.5. The second kappa shape index (κ2) is 5.00. The van der Waals surface area contributed by atoms with Crippen molar-refractivity contribution in [2.24, 2.45) is 0 Å². The molecular weight excluding hydrogens is 200 g/mol. The summed E-state index contributed by atoms with van der Waals surface area (Å²) in [5, 5.41) is 9.14. The first-order chi connectivity index (χ1) is 7.81. The average molecular weight is 216 g/mol. The van der Waals surface area contributed by atoms with Crippen LogP contribution in [0.1, 0.15) is 17.5 Å². The highest BCUT2D eigenvalue weighted by Crippen LogP contribution is 2.22. The topological polar surface area (TPSA) is 36.3 Å². The standard InChI is InChI=1S/C13H16N2O/c1-11-3-4-13(12(9-11)10-14)15-5-2-7-16-8-6-15/h3-4,9H,2,5-8H2,1H3. The van der Waals surface area contributed by atoms with Gasteiger partial charge >= 0.3 is 0 Å². The molecule has 0 bridgehead atoms. The molecule has 1 heterocycles. The minimum Gasteiger partial charge on any atom is -0.380 e. The Morgan fingerprint density at radius 2 is 2.19 bits per heavy atom. The predicted molar refractivity (Wildman–Crippen MR) is 63.5 cm³/mol. The van der Waals surface area contributed by atoms with Gasteiger partial charge in [-0.15, -0.1) is 0 Å². The van der Waals surface area contributed by atoms with Crippen molar-refractivity contribution in [3.63, 3.8) is 0 Å². The first-order valence-electron chi connectivity index (χ1n) is 5.65. The normalized spacial score (nSPS) is 16.6. The molecule has 3 heteroatoms. The van der Waals surface area contributed by atoms with Gasteiger partial charge in [-0.05, 0) is 31.0 Å². The summed E-state index contributed by atoms with van der Waals surface area (Å²) in [5.74, 6) is 0. The van der Waals surface area contributed by atoms with Gasteiger partial charge in [-0.1, -0.05) is 6.07 Å². The van der Waals surface area contributed by atoms with Crippen molar-refractivity contribution >= 4 is 5.69 Å². The van der Waals surface area contributed by atoms with Gasteiger partial charge in [0.25, 0.3) is 0 Å². The third kappa shape index (κ3) is 2.34. The van der Waals surface area contributed by atoms with E-state index in [1.165, 1.54) is 0 Å². The molecule has 1 aromatic rings. The quantitative estimate of drug-likeness (QED) is 0.721. The number of nitrogens with zero attached hydrogens (tertiary/aromatic N) is 2. The van der Waals surface area contributed by atoms with Crippen molar-refractivity contribution in [3.05, 3.63) is 29.3 Å². The van der Waals surface area contributed by atoms with Crippen LogP contribution in [0.2, 0.25) is 0 Å². The number of benzene rings is 1. The lowest BCUT2D eigenvalue weighted by Crippen LogP contribution is -2.26. The van der Waals surface area contributed by atoms with Crippen molar-refractivity contribution in [2.75, 3.05) is 31.2 Å². The van der Waals surface area contributed by atoms with Crippen molar-refractivity contribution in [1.29, 1.82) is 5.26 Å². The molecule has 0 aromatic heterocycles. The summed E-state index contributed by atoms with van der Waals surface area (Å²) in [6.45, 7) is 5.43. The predicted octanol–water partition coefficient (Wildman–Crippen LogP) is 2.09. The summed E-state index contributed by atoms with van der Waals surface area (Å²) in [6.07, 6.45) is 1.03. The van der Waals surface area contributed by atoms with E-state index in [4.69, 9.17) is 10.00 Å². The number of ether oxygens (including phenoxy) is 1. The first-order valence-corrected chi connectivity index (χ1v) is 5.65. The van der Waals surface area contributed by atoms with Gasteiger partial charge in [0.15, 0.2) is 0 Å². The molecule has 1 aliphatic rings. The van der Waals surface area contributed by atoms with Gasteiger partial charge in [0, 0.05) is 19.7 Å². The van der Waals surface area contributed by atoms with Gasteiger partial charge in [-0.3, -0.25) is 0 Å². The van der Waals surface area contributed by atoms with Crippen LogP contribution in [0.3, 0.4) is 0 Å². The molecule has 1 aromatic carbocycles. The molecule has 0 atom stereocenters. The van der Waals surface area contributed by atoms with E-state index in [2.05, 4.69) is 17.0 Å². The monoisotopic (exact) mass is 216 g/mol. The summed E-state index contributed by atoms with van der Waals surface area (Å²) in [6, 6.07) is 8.32. The smallest absolute Gasteiger partial charge is 0.101 e. The van der Waals surface area contributed by atoms with Crippen LogP contribution >= 0.6 is 0 Å². The molecule has 0 amide bonds. The SMILES string of the molecule is Cc1ccc(N2CCCOCC2)c(C#N)c1. The minimum atomic E-state index is 0.749. The molecule has 2 rings (SSSR count). The molecule has 0 aliphatic carbocycles. The maximum Gasteiger partial charge on any atom is 0.101 e. The minimum absolute atomic E-state index is 0.749. The molecule has 0 radical (unpaired) electrons. The number of rotatable bonds is 1. The Hall–Kier alpha value is -1.53. The molecule has 0 spiro atoms. The largest absolute Gasteiger partial charge is 0.380 e. The molecule has 1 aliphatic heterocycles. The molecule has 0 unspecified atom stereocenters.